The number of nitriles is 1. The fraction of sp³-hybridized carbons (Fsp3) is 0.167. The van der Waals surface area contributed by atoms with Crippen LogP contribution in [0.5, 0.6) is 11.6 Å². The third kappa shape index (κ3) is 2.28. The highest BCUT2D eigenvalue weighted by Gasteiger charge is 2.16. The summed E-state index contributed by atoms with van der Waals surface area (Å²) < 4.78 is 7.12. The molecule has 4 nitrogen and oxygen atoms in total. The Balaban J connectivity index is 2.43. The molecule has 0 radical (unpaired) electrons. The van der Waals surface area contributed by atoms with Crippen LogP contribution in [0.3, 0.4) is 0 Å². The second-order valence-electron chi connectivity index (χ2n) is 3.68. The highest BCUT2D eigenvalue weighted by atomic mass is 35.5. The smallest absolute Gasteiger partial charge is 0.235 e. The zero-order valence-corrected chi connectivity index (χ0v) is 11.2. The molecular formula is C12H9Cl2N3O. The Labute approximate surface area is 114 Å². The molecule has 0 unspecified atom stereocenters. The van der Waals surface area contributed by atoms with Gasteiger partial charge in [-0.05, 0) is 25.1 Å². The van der Waals surface area contributed by atoms with E-state index in [2.05, 4.69) is 11.2 Å². The maximum Gasteiger partial charge on any atom is 0.235 e. The van der Waals surface area contributed by atoms with Crippen molar-refractivity contribution in [3.8, 4) is 17.7 Å². The van der Waals surface area contributed by atoms with E-state index in [0.29, 0.717) is 32.9 Å². The van der Waals surface area contributed by atoms with Gasteiger partial charge >= 0.3 is 0 Å². The first-order valence-electron chi connectivity index (χ1n) is 5.09. The van der Waals surface area contributed by atoms with Crippen LogP contribution in [0.1, 0.15) is 11.3 Å². The number of hydrogen-bond acceptors (Lipinski definition) is 3. The molecule has 1 aromatic carbocycles. The number of aryl methyl sites for hydroxylation is 2. The summed E-state index contributed by atoms with van der Waals surface area (Å²) in [5.74, 6) is 0.791. The SMILES string of the molecule is Cc1nn(C)c(Oc2ccc(Cl)cc2Cl)c1C#N. The number of benzene rings is 1. The maximum atomic E-state index is 9.07. The van der Waals surface area contributed by atoms with Gasteiger partial charge < -0.3 is 4.74 Å². The summed E-state index contributed by atoms with van der Waals surface area (Å²) >= 11 is 11.8. The van der Waals surface area contributed by atoms with Gasteiger partial charge in [-0.15, -0.1) is 0 Å². The second kappa shape index (κ2) is 4.89. The Bertz CT molecular complexity index is 644. The van der Waals surface area contributed by atoms with Gasteiger partial charge in [-0.1, -0.05) is 23.2 Å². The largest absolute Gasteiger partial charge is 0.436 e. The molecule has 18 heavy (non-hydrogen) atoms. The van der Waals surface area contributed by atoms with Gasteiger partial charge in [-0.25, -0.2) is 4.68 Å². The summed E-state index contributed by atoms with van der Waals surface area (Å²) in [6, 6.07) is 6.95. The molecule has 0 fully saturated rings. The van der Waals surface area contributed by atoms with Crippen molar-refractivity contribution in [1.29, 1.82) is 5.26 Å². The molecule has 0 aliphatic rings. The van der Waals surface area contributed by atoms with Gasteiger partial charge in [0.25, 0.3) is 0 Å². The first-order valence-corrected chi connectivity index (χ1v) is 5.85. The second-order valence-corrected chi connectivity index (χ2v) is 4.52. The van der Waals surface area contributed by atoms with E-state index >= 15 is 0 Å². The number of halogens is 2. The van der Waals surface area contributed by atoms with E-state index in [-0.39, 0.29) is 0 Å². The lowest BCUT2D eigenvalue weighted by Gasteiger charge is -2.07. The minimum absolute atomic E-state index is 0.360. The predicted molar refractivity (Wildman–Crippen MR) is 69.2 cm³/mol. The molecule has 0 spiro atoms. The van der Waals surface area contributed by atoms with Crippen molar-refractivity contribution in [1.82, 2.24) is 9.78 Å². The van der Waals surface area contributed by atoms with Crippen LogP contribution in [0, 0.1) is 18.3 Å². The Kier molecular flexibility index (Phi) is 3.46. The molecule has 0 aliphatic heterocycles. The van der Waals surface area contributed by atoms with E-state index in [0.717, 1.165) is 0 Å². The van der Waals surface area contributed by atoms with Crippen LogP contribution in [0.25, 0.3) is 0 Å². The van der Waals surface area contributed by atoms with E-state index in [4.69, 9.17) is 33.2 Å². The first-order chi connectivity index (χ1) is 8.52. The molecule has 0 amide bonds. The molecule has 2 aromatic rings. The minimum Gasteiger partial charge on any atom is -0.436 e. The summed E-state index contributed by atoms with van der Waals surface area (Å²) in [6.07, 6.45) is 0. The van der Waals surface area contributed by atoms with Crippen LogP contribution in [0.2, 0.25) is 10.0 Å². The van der Waals surface area contributed by atoms with Gasteiger partial charge in [-0.3, -0.25) is 0 Å². The van der Waals surface area contributed by atoms with Crippen LogP contribution in [0.4, 0.5) is 0 Å². The number of rotatable bonds is 2. The van der Waals surface area contributed by atoms with E-state index in [1.54, 1.807) is 32.2 Å². The van der Waals surface area contributed by atoms with Crippen LogP contribution >= 0.6 is 23.2 Å². The lowest BCUT2D eigenvalue weighted by atomic mass is 10.3. The maximum absolute atomic E-state index is 9.07. The van der Waals surface area contributed by atoms with Crippen molar-refractivity contribution in [2.75, 3.05) is 0 Å². The summed E-state index contributed by atoms with van der Waals surface area (Å²) in [6.45, 7) is 1.74. The van der Waals surface area contributed by atoms with Crippen molar-refractivity contribution in [2.45, 2.75) is 6.92 Å². The van der Waals surface area contributed by atoms with Crippen LogP contribution in [-0.4, -0.2) is 9.78 Å². The molecule has 0 saturated carbocycles. The molecule has 2 rings (SSSR count). The number of nitrogens with zero attached hydrogens (tertiary/aromatic N) is 3. The molecule has 0 bridgehead atoms. The third-order valence-corrected chi connectivity index (χ3v) is 2.91. The standard InChI is InChI=1S/C12H9Cl2N3O/c1-7-9(6-15)12(17(2)16-7)18-11-4-3-8(13)5-10(11)14/h3-5H,1-2H3. The fourth-order valence-corrected chi connectivity index (χ4v) is 1.99. The van der Waals surface area contributed by atoms with Crippen LogP contribution < -0.4 is 4.74 Å². The van der Waals surface area contributed by atoms with Gasteiger partial charge in [0.15, 0.2) is 0 Å². The lowest BCUT2D eigenvalue weighted by Crippen LogP contribution is -1.96. The minimum atomic E-state index is 0.360. The molecule has 6 heteroatoms. The molecule has 0 atom stereocenters. The molecular weight excluding hydrogens is 273 g/mol. The average molecular weight is 282 g/mol. The van der Waals surface area contributed by atoms with E-state index < -0.39 is 0 Å². The molecule has 1 aromatic heterocycles. The van der Waals surface area contributed by atoms with E-state index in [1.807, 2.05) is 0 Å². The van der Waals surface area contributed by atoms with Gasteiger partial charge in [0.05, 0.1) is 10.7 Å². The highest BCUT2D eigenvalue weighted by molar-refractivity contribution is 6.35. The van der Waals surface area contributed by atoms with Crippen LogP contribution in [0.15, 0.2) is 18.2 Å². The summed E-state index contributed by atoms with van der Waals surface area (Å²) in [5, 5.41) is 14.1. The van der Waals surface area contributed by atoms with Crippen LogP contribution in [-0.2, 0) is 7.05 Å². The number of ether oxygens (including phenoxy) is 1. The number of hydrogen-bond donors (Lipinski definition) is 0. The molecule has 92 valence electrons. The fourth-order valence-electron chi connectivity index (χ4n) is 1.54. The first kappa shape index (κ1) is 12.7. The predicted octanol–water partition coefficient (Wildman–Crippen LogP) is 3.70. The third-order valence-electron chi connectivity index (χ3n) is 2.38. The quantitative estimate of drug-likeness (QED) is 0.843. The van der Waals surface area contributed by atoms with Gasteiger partial charge in [0.2, 0.25) is 5.88 Å². The summed E-state index contributed by atoms with van der Waals surface area (Å²) in [7, 11) is 1.70. The van der Waals surface area contributed by atoms with Crippen molar-refractivity contribution in [3.63, 3.8) is 0 Å². The topological polar surface area (TPSA) is 50.8 Å². The Morgan fingerprint density at radius 1 is 1.39 bits per heavy atom. The van der Waals surface area contributed by atoms with Gasteiger partial charge in [-0.2, -0.15) is 10.4 Å². The van der Waals surface area contributed by atoms with Crippen molar-refractivity contribution in [2.24, 2.45) is 7.05 Å². The molecule has 0 saturated heterocycles. The summed E-state index contributed by atoms with van der Waals surface area (Å²) in [5.41, 5.74) is 1.00. The lowest BCUT2D eigenvalue weighted by molar-refractivity contribution is 0.429. The van der Waals surface area contributed by atoms with Crippen molar-refractivity contribution < 1.29 is 4.74 Å². The van der Waals surface area contributed by atoms with E-state index in [1.165, 1.54) is 4.68 Å². The Morgan fingerprint density at radius 2 is 2.11 bits per heavy atom. The molecule has 1 heterocycles. The normalized spacial score (nSPS) is 10.2. The Hall–Kier alpha value is -1.70. The van der Waals surface area contributed by atoms with Crippen molar-refractivity contribution in [3.05, 3.63) is 39.5 Å². The zero-order valence-electron chi connectivity index (χ0n) is 9.74. The molecule has 0 N–H and O–H groups in total. The van der Waals surface area contributed by atoms with E-state index in [9.17, 15) is 0 Å². The van der Waals surface area contributed by atoms with Gasteiger partial charge in [0.1, 0.15) is 17.4 Å². The number of aromatic nitrogens is 2. The van der Waals surface area contributed by atoms with Crippen molar-refractivity contribution >= 4 is 23.2 Å². The van der Waals surface area contributed by atoms with Gasteiger partial charge in [0, 0.05) is 12.1 Å². The average Bonchev–Trinajstić information content (AvgIpc) is 2.57. The Morgan fingerprint density at radius 3 is 2.72 bits per heavy atom. The zero-order chi connectivity index (χ0) is 13.3. The summed E-state index contributed by atoms with van der Waals surface area (Å²) in [4.78, 5) is 0. The highest BCUT2D eigenvalue weighted by Crippen LogP contribution is 2.33. The monoisotopic (exact) mass is 281 g/mol. The molecule has 0 aliphatic carbocycles.